The second kappa shape index (κ2) is 7.16. The van der Waals surface area contributed by atoms with Crippen molar-refractivity contribution in [1.29, 1.82) is 0 Å². The number of nitrogens with zero attached hydrogens (tertiary/aromatic N) is 2. The lowest BCUT2D eigenvalue weighted by Crippen LogP contribution is -2.34. The zero-order valence-corrected chi connectivity index (χ0v) is 15.6. The van der Waals surface area contributed by atoms with Gasteiger partial charge in [0, 0.05) is 19.7 Å². The highest BCUT2D eigenvalue weighted by Gasteiger charge is 2.36. The fraction of sp³-hybridized carbons (Fsp3) is 0.381. The molecule has 2 aromatic rings. The summed E-state index contributed by atoms with van der Waals surface area (Å²) >= 11 is 0. The average molecular weight is 358 g/mol. The molecule has 5 heteroatoms. The Kier molecular flexibility index (Phi) is 5.10. The molecule has 0 saturated heterocycles. The average Bonchev–Trinajstić information content (AvgIpc) is 2.59. The number of hydrogen-bond acceptors (Lipinski definition) is 2. The maximum absolute atomic E-state index is 13.8. The summed E-state index contributed by atoms with van der Waals surface area (Å²) in [4.78, 5) is 6.58. The van der Waals surface area contributed by atoms with Gasteiger partial charge in [-0.15, -0.1) is 0 Å². The predicted molar refractivity (Wildman–Crippen MR) is 100 cm³/mol. The summed E-state index contributed by atoms with van der Waals surface area (Å²) in [7, 11) is 1.97. The van der Waals surface area contributed by atoms with E-state index >= 15 is 0 Å². The van der Waals surface area contributed by atoms with E-state index in [-0.39, 0.29) is 0 Å². The number of rotatable bonds is 4. The van der Waals surface area contributed by atoms with Crippen molar-refractivity contribution in [3.63, 3.8) is 0 Å². The molecule has 3 nitrogen and oxygen atoms in total. The summed E-state index contributed by atoms with van der Waals surface area (Å²) in [6, 6.07) is 7.65. The van der Waals surface area contributed by atoms with Crippen molar-refractivity contribution in [3.8, 4) is 0 Å². The van der Waals surface area contributed by atoms with Crippen LogP contribution in [0.15, 0.2) is 35.3 Å². The second-order valence-corrected chi connectivity index (χ2v) is 6.90. The van der Waals surface area contributed by atoms with Crippen LogP contribution >= 0.6 is 0 Å². The molecule has 0 fully saturated rings. The molecule has 1 atom stereocenters. The van der Waals surface area contributed by atoms with Crippen LogP contribution in [0.25, 0.3) is 0 Å². The molecular weight excluding hydrogens is 334 g/mol. The van der Waals surface area contributed by atoms with Crippen LogP contribution in [0.2, 0.25) is 0 Å². The molecule has 0 aliphatic carbocycles. The molecule has 1 heterocycles. The van der Waals surface area contributed by atoms with Gasteiger partial charge in [-0.05, 0) is 67.6 Å². The van der Waals surface area contributed by atoms with Crippen LogP contribution in [0.1, 0.15) is 36.1 Å². The minimum Gasteiger partial charge on any atom is -0.366 e. The molecule has 26 heavy (non-hydrogen) atoms. The molecular formula is C21H24F2N2O. The van der Waals surface area contributed by atoms with Gasteiger partial charge in [0.2, 0.25) is 0 Å². The van der Waals surface area contributed by atoms with Gasteiger partial charge in [0.1, 0.15) is 17.2 Å². The highest BCUT2D eigenvalue weighted by molar-refractivity contribution is 5.64. The van der Waals surface area contributed by atoms with Gasteiger partial charge in [-0.3, -0.25) is 0 Å². The number of hydrogen-bond donors (Lipinski definition) is 0. The van der Waals surface area contributed by atoms with E-state index in [4.69, 9.17) is 4.74 Å². The number of aliphatic imine (C=N–C) groups is 1. The third-order valence-electron chi connectivity index (χ3n) is 5.00. The number of ether oxygens (including phenoxy) is 1. The molecule has 2 aromatic carbocycles. The van der Waals surface area contributed by atoms with Crippen molar-refractivity contribution >= 4 is 12.0 Å². The molecule has 1 aliphatic heterocycles. The predicted octanol–water partition coefficient (Wildman–Crippen LogP) is 4.72. The fourth-order valence-corrected chi connectivity index (χ4v) is 3.28. The molecule has 138 valence electrons. The third-order valence-corrected chi connectivity index (χ3v) is 5.00. The minimum atomic E-state index is -0.885. The molecule has 0 bridgehead atoms. The molecule has 0 amide bonds. The van der Waals surface area contributed by atoms with Crippen LogP contribution in [-0.2, 0) is 16.8 Å². The van der Waals surface area contributed by atoms with Crippen molar-refractivity contribution in [1.82, 2.24) is 4.90 Å². The Labute approximate surface area is 153 Å². The first kappa shape index (κ1) is 18.5. The van der Waals surface area contributed by atoms with E-state index < -0.39 is 17.2 Å². The van der Waals surface area contributed by atoms with E-state index in [0.29, 0.717) is 12.2 Å². The van der Waals surface area contributed by atoms with E-state index in [1.807, 2.05) is 38.2 Å². The maximum Gasteiger partial charge on any atom is 0.126 e. The van der Waals surface area contributed by atoms with Crippen molar-refractivity contribution in [2.75, 3.05) is 20.2 Å². The summed E-state index contributed by atoms with van der Waals surface area (Å²) in [6.07, 6.45) is 2.56. The summed E-state index contributed by atoms with van der Waals surface area (Å²) in [5.74, 6) is -1.20. The lowest BCUT2D eigenvalue weighted by molar-refractivity contribution is -0.0145. The Morgan fingerprint density at radius 2 is 1.88 bits per heavy atom. The van der Waals surface area contributed by atoms with E-state index in [1.165, 1.54) is 12.1 Å². The first-order chi connectivity index (χ1) is 12.3. The van der Waals surface area contributed by atoms with Crippen LogP contribution in [-0.4, -0.2) is 31.4 Å². The fourth-order valence-electron chi connectivity index (χ4n) is 3.28. The molecule has 0 aromatic heterocycles. The minimum absolute atomic E-state index is 0.484. The van der Waals surface area contributed by atoms with E-state index in [9.17, 15) is 8.78 Å². The van der Waals surface area contributed by atoms with E-state index in [0.717, 1.165) is 41.4 Å². The van der Waals surface area contributed by atoms with Crippen LogP contribution < -0.4 is 0 Å². The summed E-state index contributed by atoms with van der Waals surface area (Å²) in [6.45, 7) is 7.28. The number of halogens is 2. The third kappa shape index (κ3) is 3.49. The molecule has 3 rings (SSSR count). The topological polar surface area (TPSA) is 24.8 Å². The van der Waals surface area contributed by atoms with Gasteiger partial charge in [-0.25, -0.2) is 13.8 Å². The first-order valence-corrected chi connectivity index (χ1v) is 8.82. The van der Waals surface area contributed by atoms with Crippen molar-refractivity contribution in [3.05, 3.63) is 64.2 Å². The van der Waals surface area contributed by atoms with Gasteiger partial charge in [-0.2, -0.15) is 0 Å². The van der Waals surface area contributed by atoms with Gasteiger partial charge >= 0.3 is 0 Å². The van der Waals surface area contributed by atoms with Crippen molar-refractivity contribution in [2.45, 2.75) is 32.8 Å². The monoisotopic (exact) mass is 358 g/mol. The van der Waals surface area contributed by atoms with Crippen LogP contribution in [0, 0.1) is 18.6 Å². The number of benzene rings is 2. The smallest absolute Gasteiger partial charge is 0.126 e. The molecule has 0 N–H and O–H groups in total. The van der Waals surface area contributed by atoms with E-state index in [1.54, 1.807) is 0 Å². The highest BCUT2D eigenvalue weighted by Crippen LogP contribution is 2.41. The van der Waals surface area contributed by atoms with E-state index in [2.05, 4.69) is 18.0 Å². The SMILES string of the molecule is CCN(C)/C=N/c1cc2c(cc1C)C(C)(c1cc(F)cc(F)c1)OCC2. The normalized spacial score (nSPS) is 19.6. The lowest BCUT2D eigenvalue weighted by Gasteiger charge is -2.37. The quantitative estimate of drug-likeness (QED) is 0.583. The summed E-state index contributed by atoms with van der Waals surface area (Å²) in [5.41, 5.74) is 3.53. The zero-order chi connectivity index (χ0) is 18.9. The Morgan fingerprint density at radius 3 is 2.54 bits per heavy atom. The Morgan fingerprint density at radius 1 is 1.19 bits per heavy atom. The first-order valence-electron chi connectivity index (χ1n) is 8.82. The number of aryl methyl sites for hydroxylation is 1. The Hall–Kier alpha value is -2.27. The zero-order valence-electron chi connectivity index (χ0n) is 15.6. The van der Waals surface area contributed by atoms with Crippen LogP contribution in [0.5, 0.6) is 0 Å². The van der Waals surface area contributed by atoms with Gasteiger partial charge in [0.05, 0.1) is 18.6 Å². The summed E-state index contributed by atoms with van der Waals surface area (Å²) < 4.78 is 33.5. The molecule has 1 aliphatic rings. The second-order valence-electron chi connectivity index (χ2n) is 6.90. The van der Waals surface area contributed by atoms with Gasteiger partial charge < -0.3 is 9.64 Å². The van der Waals surface area contributed by atoms with Gasteiger partial charge in [0.25, 0.3) is 0 Å². The molecule has 0 spiro atoms. The highest BCUT2D eigenvalue weighted by atomic mass is 19.1. The molecule has 0 radical (unpaired) electrons. The van der Waals surface area contributed by atoms with Gasteiger partial charge in [0.15, 0.2) is 0 Å². The van der Waals surface area contributed by atoms with Gasteiger partial charge in [-0.1, -0.05) is 6.07 Å². The molecule has 0 saturated carbocycles. The summed E-state index contributed by atoms with van der Waals surface area (Å²) in [5, 5.41) is 0. The van der Waals surface area contributed by atoms with Crippen molar-refractivity contribution in [2.24, 2.45) is 4.99 Å². The lowest BCUT2D eigenvalue weighted by atomic mass is 9.81. The molecule has 1 unspecified atom stereocenters. The van der Waals surface area contributed by atoms with Crippen LogP contribution in [0.4, 0.5) is 14.5 Å². The van der Waals surface area contributed by atoms with Crippen molar-refractivity contribution < 1.29 is 13.5 Å². The largest absolute Gasteiger partial charge is 0.366 e. The standard InChI is InChI=1S/C21H24F2N2O/c1-5-25(4)13-24-20-9-15-6-7-26-21(3,19(15)8-14(20)2)16-10-17(22)12-18(23)11-16/h8-13H,5-7H2,1-4H3/b24-13+. The maximum atomic E-state index is 13.8. The van der Waals surface area contributed by atoms with Crippen LogP contribution in [0.3, 0.4) is 0 Å². The Bertz CT molecular complexity index is 830. The Balaban J connectivity index is 2.07. The number of fused-ring (bicyclic) bond motifs is 1.